The molecule has 110 valence electrons. The third-order valence-electron chi connectivity index (χ3n) is 3.47. The molecule has 1 heterocycles. The molecule has 20 heavy (non-hydrogen) atoms. The van der Waals surface area contributed by atoms with Crippen LogP contribution in [-0.2, 0) is 11.2 Å². The largest absolute Gasteiger partial charge is 0.408 e. The molecule has 1 aliphatic rings. The molecule has 0 bridgehead atoms. The summed E-state index contributed by atoms with van der Waals surface area (Å²) in [5.74, 6) is -0.437. The average molecular weight is 397 g/mol. The second-order valence-electron chi connectivity index (χ2n) is 4.94. The quantitative estimate of drug-likeness (QED) is 0.696. The van der Waals surface area contributed by atoms with E-state index < -0.39 is 18.1 Å². The molecular weight excluding hydrogens is 382 g/mol. The Morgan fingerprint density at radius 2 is 1.90 bits per heavy atom. The minimum Gasteiger partial charge on any atom is -0.330 e. The molecular formula is C14H15F3INO. The fraction of sp³-hybridized carbons (Fsp3) is 0.500. The second kappa shape index (κ2) is 6.32. The molecule has 1 aliphatic heterocycles. The molecule has 2 nitrogen and oxygen atoms in total. The fourth-order valence-electron chi connectivity index (χ4n) is 2.45. The Morgan fingerprint density at radius 3 is 2.50 bits per heavy atom. The Hall–Kier alpha value is -0.790. The van der Waals surface area contributed by atoms with Gasteiger partial charge in [-0.15, -0.1) is 0 Å². The van der Waals surface area contributed by atoms with Crippen LogP contribution in [0.25, 0.3) is 0 Å². The molecule has 0 saturated carbocycles. The zero-order valence-electron chi connectivity index (χ0n) is 10.8. The minimum atomic E-state index is -4.33. The molecule has 0 aromatic heterocycles. The Morgan fingerprint density at radius 1 is 1.25 bits per heavy atom. The Balaban J connectivity index is 2.08. The number of halogens is 4. The number of likely N-dealkylation sites (tertiary alicyclic amines) is 1. The first-order valence-electron chi connectivity index (χ1n) is 6.48. The summed E-state index contributed by atoms with van der Waals surface area (Å²) in [4.78, 5) is 13.1. The summed E-state index contributed by atoms with van der Waals surface area (Å²) < 4.78 is 39.9. The number of nitrogens with zero attached hydrogens (tertiary/aromatic N) is 1. The van der Waals surface area contributed by atoms with Gasteiger partial charge < -0.3 is 4.90 Å². The third kappa shape index (κ3) is 3.86. The van der Waals surface area contributed by atoms with Crippen LogP contribution in [-0.4, -0.2) is 29.6 Å². The molecule has 1 aromatic rings. The lowest BCUT2D eigenvalue weighted by Crippen LogP contribution is -2.51. The molecule has 2 rings (SSSR count). The van der Waals surface area contributed by atoms with Gasteiger partial charge in [-0.2, -0.15) is 13.2 Å². The molecule has 1 amide bonds. The van der Waals surface area contributed by atoms with Crippen molar-refractivity contribution in [1.82, 2.24) is 4.90 Å². The predicted molar refractivity (Wildman–Crippen MR) is 78.3 cm³/mol. The Bertz CT molecular complexity index is 472. The summed E-state index contributed by atoms with van der Waals surface area (Å²) >= 11 is 2.14. The molecule has 1 atom stereocenters. The van der Waals surface area contributed by atoms with Crippen LogP contribution in [0.3, 0.4) is 0 Å². The van der Waals surface area contributed by atoms with Crippen LogP contribution in [0.4, 0.5) is 13.2 Å². The van der Waals surface area contributed by atoms with Crippen molar-refractivity contribution in [3.8, 4) is 0 Å². The van der Waals surface area contributed by atoms with Gasteiger partial charge in [0.15, 0.2) is 0 Å². The predicted octanol–water partition coefficient (Wildman–Crippen LogP) is 3.78. The molecule has 1 saturated heterocycles. The molecule has 1 unspecified atom stereocenters. The number of hydrogen-bond acceptors (Lipinski definition) is 1. The highest BCUT2D eigenvalue weighted by Crippen LogP contribution is 2.32. The SMILES string of the molecule is O=C(Cc1ccc(I)cc1)N1CCCCC1C(F)(F)F. The Kier molecular flexibility index (Phi) is 4.93. The number of carbonyl (C=O) groups excluding carboxylic acids is 1. The summed E-state index contributed by atoms with van der Waals surface area (Å²) in [7, 11) is 0. The molecule has 0 radical (unpaired) electrons. The van der Waals surface area contributed by atoms with Crippen molar-refractivity contribution in [2.45, 2.75) is 37.9 Å². The van der Waals surface area contributed by atoms with Crippen LogP contribution in [0, 0.1) is 3.57 Å². The van der Waals surface area contributed by atoms with Gasteiger partial charge in [-0.25, -0.2) is 0 Å². The van der Waals surface area contributed by atoms with Gasteiger partial charge >= 0.3 is 6.18 Å². The molecule has 0 N–H and O–H groups in total. The summed E-state index contributed by atoms with van der Waals surface area (Å²) in [5.41, 5.74) is 0.752. The van der Waals surface area contributed by atoms with E-state index in [2.05, 4.69) is 22.6 Å². The van der Waals surface area contributed by atoms with Crippen molar-refractivity contribution in [2.75, 3.05) is 6.54 Å². The lowest BCUT2D eigenvalue weighted by molar-refractivity contribution is -0.195. The molecule has 1 aromatic carbocycles. The van der Waals surface area contributed by atoms with Crippen LogP contribution in [0.2, 0.25) is 0 Å². The number of piperidine rings is 1. The molecule has 0 aliphatic carbocycles. The van der Waals surface area contributed by atoms with Crippen LogP contribution in [0.1, 0.15) is 24.8 Å². The zero-order chi connectivity index (χ0) is 14.8. The minimum absolute atomic E-state index is 0.0158. The van der Waals surface area contributed by atoms with Gasteiger partial charge in [-0.3, -0.25) is 4.79 Å². The first-order chi connectivity index (χ1) is 9.38. The maximum absolute atomic E-state index is 12.9. The number of alkyl halides is 3. The van der Waals surface area contributed by atoms with Crippen molar-refractivity contribution < 1.29 is 18.0 Å². The second-order valence-corrected chi connectivity index (χ2v) is 6.19. The highest BCUT2D eigenvalue weighted by molar-refractivity contribution is 14.1. The average Bonchev–Trinajstić information content (AvgIpc) is 2.40. The normalized spacial score (nSPS) is 20.0. The number of amides is 1. The van der Waals surface area contributed by atoms with Crippen molar-refractivity contribution in [1.29, 1.82) is 0 Å². The van der Waals surface area contributed by atoms with E-state index in [1.165, 1.54) is 0 Å². The van der Waals surface area contributed by atoms with Crippen molar-refractivity contribution in [3.05, 3.63) is 33.4 Å². The standard InChI is InChI=1S/C14H15F3INO/c15-14(16,17)12-3-1-2-8-19(12)13(20)9-10-4-6-11(18)7-5-10/h4-7,12H,1-3,8-9H2. The van der Waals surface area contributed by atoms with Gasteiger partial charge in [-0.05, 0) is 59.5 Å². The van der Waals surface area contributed by atoms with E-state index in [0.29, 0.717) is 12.8 Å². The number of benzene rings is 1. The van der Waals surface area contributed by atoms with Crippen LogP contribution >= 0.6 is 22.6 Å². The summed E-state index contributed by atoms with van der Waals surface area (Å²) in [6, 6.07) is 5.65. The van der Waals surface area contributed by atoms with E-state index >= 15 is 0 Å². The fourth-order valence-corrected chi connectivity index (χ4v) is 2.81. The van der Waals surface area contributed by atoms with Crippen LogP contribution in [0.5, 0.6) is 0 Å². The van der Waals surface area contributed by atoms with Crippen molar-refractivity contribution in [3.63, 3.8) is 0 Å². The summed E-state index contributed by atoms with van der Waals surface area (Å²) in [6.45, 7) is 0.202. The van der Waals surface area contributed by atoms with E-state index in [0.717, 1.165) is 14.0 Å². The van der Waals surface area contributed by atoms with Crippen LogP contribution < -0.4 is 0 Å². The van der Waals surface area contributed by atoms with Gasteiger partial charge in [-0.1, -0.05) is 12.1 Å². The highest BCUT2D eigenvalue weighted by Gasteiger charge is 2.45. The van der Waals surface area contributed by atoms with Crippen molar-refractivity contribution in [2.24, 2.45) is 0 Å². The molecule has 6 heteroatoms. The topological polar surface area (TPSA) is 20.3 Å². The van der Waals surface area contributed by atoms with Gasteiger partial charge in [0.25, 0.3) is 0 Å². The van der Waals surface area contributed by atoms with Gasteiger partial charge in [0.2, 0.25) is 5.91 Å². The Labute approximate surface area is 129 Å². The molecule has 1 fully saturated rings. The number of carbonyl (C=O) groups is 1. The first-order valence-corrected chi connectivity index (χ1v) is 7.56. The highest BCUT2D eigenvalue weighted by atomic mass is 127. The monoisotopic (exact) mass is 397 g/mol. The maximum atomic E-state index is 12.9. The lowest BCUT2D eigenvalue weighted by Gasteiger charge is -2.36. The first kappa shape index (κ1) is 15.6. The summed E-state index contributed by atoms with van der Waals surface area (Å²) in [6.07, 6.45) is -3.12. The van der Waals surface area contributed by atoms with E-state index in [1.54, 1.807) is 12.1 Å². The van der Waals surface area contributed by atoms with Gasteiger partial charge in [0.05, 0.1) is 6.42 Å². The number of rotatable bonds is 2. The lowest BCUT2D eigenvalue weighted by atomic mass is 10.0. The summed E-state index contributed by atoms with van der Waals surface area (Å²) in [5, 5.41) is 0. The van der Waals surface area contributed by atoms with E-state index in [4.69, 9.17) is 0 Å². The number of hydrogen-bond donors (Lipinski definition) is 0. The van der Waals surface area contributed by atoms with Crippen molar-refractivity contribution >= 4 is 28.5 Å². The van der Waals surface area contributed by atoms with E-state index in [-0.39, 0.29) is 19.4 Å². The van der Waals surface area contributed by atoms with Gasteiger partial charge in [0.1, 0.15) is 6.04 Å². The van der Waals surface area contributed by atoms with E-state index in [1.807, 2.05) is 12.1 Å². The third-order valence-corrected chi connectivity index (χ3v) is 4.19. The van der Waals surface area contributed by atoms with Gasteiger partial charge in [0, 0.05) is 10.1 Å². The molecule has 0 spiro atoms. The van der Waals surface area contributed by atoms with Crippen LogP contribution in [0.15, 0.2) is 24.3 Å². The zero-order valence-corrected chi connectivity index (χ0v) is 12.9. The maximum Gasteiger partial charge on any atom is 0.408 e. The van der Waals surface area contributed by atoms with E-state index in [9.17, 15) is 18.0 Å². The smallest absolute Gasteiger partial charge is 0.330 e.